The minimum atomic E-state index is -0.568. The van der Waals surface area contributed by atoms with Crippen LogP contribution in [0, 0.1) is 0 Å². The molecule has 1 atom stereocenters. The number of fused-ring (bicyclic) bond motifs is 2. The molecule has 2 aromatic carbocycles. The minimum Gasteiger partial charge on any atom is -0.384 e. The molecule has 19 heavy (non-hydrogen) atoms. The summed E-state index contributed by atoms with van der Waals surface area (Å²) in [7, 11) is 0. The zero-order valence-corrected chi connectivity index (χ0v) is 10.1. The Hall–Kier alpha value is -2.39. The maximum absolute atomic E-state index is 10.1. The van der Waals surface area contributed by atoms with E-state index in [2.05, 4.69) is 5.16 Å². The van der Waals surface area contributed by atoms with Crippen LogP contribution in [0.2, 0.25) is 0 Å². The van der Waals surface area contributed by atoms with Gasteiger partial charge >= 0.3 is 0 Å². The van der Waals surface area contributed by atoms with Gasteiger partial charge in [0.1, 0.15) is 5.69 Å². The average molecular weight is 249 g/mol. The molecule has 0 fully saturated rings. The molecule has 0 saturated heterocycles. The molecule has 0 spiro atoms. The maximum Gasteiger partial charge on any atom is 0.167 e. The monoisotopic (exact) mass is 249 g/mol. The predicted octanol–water partition coefficient (Wildman–Crippen LogP) is 3.31. The van der Waals surface area contributed by atoms with Gasteiger partial charge in [0, 0.05) is 11.0 Å². The Bertz CT molecular complexity index is 801. The molecule has 1 N–H and O–H groups in total. The second-order valence-corrected chi connectivity index (χ2v) is 4.64. The normalized spacial score (nSPS) is 17.5. The number of aliphatic hydroxyl groups is 1. The van der Waals surface area contributed by atoms with Gasteiger partial charge in [-0.25, -0.2) is 0 Å². The number of para-hydroxylation sites is 1. The van der Waals surface area contributed by atoms with E-state index >= 15 is 0 Å². The van der Waals surface area contributed by atoms with Crippen LogP contribution in [0.25, 0.3) is 16.5 Å². The third-order valence-corrected chi connectivity index (χ3v) is 3.53. The van der Waals surface area contributed by atoms with Crippen molar-refractivity contribution in [1.29, 1.82) is 0 Å². The third-order valence-electron chi connectivity index (χ3n) is 3.53. The van der Waals surface area contributed by atoms with Crippen LogP contribution < -0.4 is 0 Å². The number of benzene rings is 2. The molecule has 1 aliphatic rings. The molecular formula is C16H11NO2. The Morgan fingerprint density at radius 3 is 2.74 bits per heavy atom. The molecule has 0 aliphatic heterocycles. The van der Waals surface area contributed by atoms with Crippen LogP contribution >= 0.6 is 0 Å². The van der Waals surface area contributed by atoms with Gasteiger partial charge < -0.3 is 9.63 Å². The lowest BCUT2D eigenvalue weighted by molar-refractivity contribution is 0.232. The molecule has 3 aromatic rings. The van der Waals surface area contributed by atoms with Gasteiger partial charge in [-0.15, -0.1) is 0 Å². The Morgan fingerprint density at radius 2 is 1.79 bits per heavy atom. The smallest absolute Gasteiger partial charge is 0.167 e. The second-order valence-electron chi connectivity index (χ2n) is 4.64. The molecule has 0 amide bonds. The maximum atomic E-state index is 10.1. The summed E-state index contributed by atoms with van der Waals surface area (Å²) in [5, 5.41) is 15.2. The van der Waals surface area contributed by atoms with E-state index in [-0.39, 0.29) is 0 Å². The number of hydrogen-bond acceptors (Lipinski definition) is 3. The van der Waals surface area contributed by atoms with E-state index in [0.29, 0.717) is 0 Å². The third kappa shape index (κ3) is 1.45. The average Bonchev–Trinajstić information content (AvgIpc) is 3.01. The Balaban J connectivity index is 1.97. The Morgan fingerprint density at radius 1 is 1.00 bits per heavy atom. The van der Waals surface area contributed by atoms with E-state index in [0.717, 1.165) is 33.4 Å². The molecule has 4 rings (SSSR count). The highest BCUT2D eigenvalue weighted by Crippen LogP contribution is 2.39. The molecule has 0 bridgehead atoms. The summed E-state index contributed by atoms with van der Waals surface area (Å²) in [4.78, 5) is 0. The lowest BCUT2D eigenvalue weighted by atomic mass is 10.0. The lowest BCUT2D eigenvalue weighted by Crippen LogP contribution is -1.90. The van der Waals surface area contributed by atoms with Crippen LogP contribution in [0.3, 0.4) is 0 Å². The second kappa shape index (κ2) is 3.80. The minimum absolute atomic E-state index is 0.568. The van der Waals surface area contributed by atoms with Crippen molar-refractivity contribution in [3.63, 3.8) is 0 Å². The van der Waals surface area contributed by atoms with Crippen molar-refractivity contribution in [2.45, 2.75) is 6.10 Å². The van der Waals surface area contributed by atoms with Crippen molar-refractivity contribution >= 4 is 16.5 Å². The largest absolute Gasteiger partial charge is 0.384 e. The summed E-state index contributed by atoms with van der Waals surface area (Å²) < 4.78 is 5.34. The molecule has 1 aromatic heterocycles. The molecule has 0 radical (unpaired) electrons. The summed E-state index contributed by atoms with van der Waals surface area (Å²) in [5.41, 5.74) is 4.43. The highest BCUT2D eigenvalue weighted by Gasteiger charge is 2.25. The van der Waals surface area contributed by atoms with E-state index < -0.39 is 6.10 Å². The molecule has 1 unspecified atom stereocenters. The first-order valence-corrected chi connectivity index (χ1v) is 6.18. The number of rotatable bonds is 1. The summed E-state index contributed by atoms with van der Waals surface area (Å²) in [6, 6.07) is 15.6. The molecule has 1 aliphatic carbocycles. The van der Waals surface area contributed by atoms with E-state index in [9.17, 15) is 5.11 Å². The summed E-state index contributed by atoms with van der Waals surface area (Å²) in [6.45, 7) is 0. The molecular weight excluding hydrogens is 238 g/mol. The fourth-order valence-corrected chi connectivity index (χ4v) is 2.62. The number of aliphatic hydroxyl groups excluding tert-OH is 1. The summed E-state index contributed by atoms with van der Waals surface area (Å²) >= 11 is 0. The summed E-state index contributed by atoms with van der Waals surface area (Å²) in [5.74, 6) is 0. The fraction of sp³-hybridized carbons (Fsp3) is 0.0625. The van der Waals surface area contributed by atoms with E-state index in [1.807, 2.05) is 54.6 Å². The van der Waals surface area contributed by atoms with Gasteiger partial charge in [0.2, 0.25) is 0 Å². The van der Waals surface area contributed by atoms with E-state index in [1.54, 1.807) is 0 Å². The highest BCUT2D eigenvalue weighted by molar-refractivity contribution is 5.96. The summed E-state index contributed by atoms with van der Waals surface area (Å²) in [6.07, 6.45) is 1.26. The van der Waals surface area contributed by atoms with Crippen molar-refractivity contribution in [2.24, 2.45) is 0 Å². The van der Waals surface area contributed by atoms with E-state index in [1.165, 1.54) is 0 Å². The first-order chi connectivity index (χ1) is 9.34. The van der Waals surface area contributed by atoms with Gasteiger partial charge in [-0.3, -0.25) is 0 Å². The number of hydrogen-bond donors (Lipinski definition) is 1. The standard InChI is InChI=1S/C16H11NO2/c18-14-9-13(10-5-1-2-6-11(10)14)16-12-7-3-4-8-15(12)19-17-16/h1-9,14,18H. The van der Waals surface area contributed by atoms with Crippen molar-refractivity contribution in [3.05, 3.63) is 71.4 Å². The Kier molecular flexibility index (Phi) is 2.11. The van der Waals surface area contributed by atoms with Crippen molar-refractivity contribution in [1.82, 2.24) is 5.16 Å². The highest BCUT2D eigenvalue weighted by atomic mass is 16.5. The molecule has 3 nitrogen and oxygen atoms in total. The van der Waals surface area contributed by atoms with Gasteiger partial charge in [-0.05, 0) is 29.3 Å². The topological polar surface area (TPSA) is 46.3 Å². The number of aromatic nitrogens is 1. The van der Waals surface area contributed by atoms with Crippen molar-refractivity contribution in [2.75, 3.05) is 0 Å². The zero-order chi connectivity index (χ0) is 12.8. The van der Waals surface area contributed by atoms with Gasteiger partial charge in [-0.2, -0.15) is 0 Å². The van der Waals surface area contributed by atoms with Crippen LogP contribution in [-0.4, -0.2) is 10.3 Å². The molecule has 92 valence electrons. The van der Waals surface area contributed by atoms with Crippen LogP contribution in [0.5, 0.6) is 0 Å². The first-order valence-electron chi connectivity index (χ1n) is 6.18. The molecule has 0 saturated carbocycles. The van der Waals surface area contributed by atoms with Crippen molar-refractivity contribution in [3.8, 4) is 0 Å². The Labute approximate surface area is 109 Å². The quantitative estimate of drug-likeness (QED) is 0.719. The number of nitrogens with zero attached hydrogens (tertiary/aromatic N) is 1. The SMILES string of the molecule is OC1C=C(c2noc3ccccc23)c2ccccc21. The molecule has 3 heteroatoms. The van der Waals surface area contributed by atoms with Crippen LogP contribution in [0.4, 0.5) is 0 Å². The van der Waals surface area contributed by atoms with Gasteiger partial charge in [0.25, 0.3) is 0 Å². The lowest BCUT2D eigenvalue weighted by Gasteiger charge is -2.03. The van der Waals surface area contributed by atoms with Gasteiger partial charge in [0.15, 0.2) is 5.58 Å². The van der Waals surface area contributed by atoms with Crippen LogP contribution in [0.15, 0.2) is 59.1 Å². The zero-order valence-electron chi connectivity index (χ0n) is 10.1. The fourth-order valence-electron chi connectivity index (χ4n) is 2.62. The molecule has 1 heterocycles. The van der Waals surface area contributed by atoms with Gasteiger partial charge in [-0.1, -0.05) is 41.6 Å². The van der Waals surface area contributed by atoms with Crippen LogP contribution in [-0.2, 0) is 0 Å². The van der Waals surface area contributed by atoms with E-state index in [4.69, 9.17) is 4.52 Å². The van der Waals surface area contributed by atoms with Gasteiger partial charge in [0.05, 0.1) is 6.10 Å². The van der Waals surface area contributed by atoms with Crippen molar-refractivity contribution < 1.29 is 9.63 Å². The van der Waals surface area contributed by atoms with Crippen LogP contribution in [0.1, 0.15) is 22.9 Å². The predicted molar refractivity (Wildman–Crippen MR) is 72.5 cm³/mol. The first kappa shape index (κ1) is 10.5.